The molecule has 0 amide bonds. The van der Waals surface area contributed by atoms with Gasteiger partial charge in [-0.1, -0.05) is 24.3 Å². The number of nitrogens with zero attached hydrogens (tertiary/aromatic N) is 2. The lowest BCUT2D eigenvalue weighted by atomic mass is 9.95. The van der Waals surface area contributed by atoms with Crippen LogP contribution < -0.4 is 0 Å². The van der Waals surface area contributed by atoms with Gasteiger partial charge in [-0.25, -0.2) is 4.79 Å². The van der Waals surface area contributed by atoms with Crippen molar-refractivity contribution in [1.29, 1.82) is 5.26 Å². The first kappa shape index (κ1) is 19.2. The highest BCUT2D eigenvalue weighted by Gasteiger charge is 2.27. The molecular formula is C21H28N2O2. The Morgan fingerprint density at radius 1 is 1.24 bits per heavy atom. The molecule has 0 spiro atoms. The van der Waals surface area contributed by atoms with Crippen LogP contribution in [0.3, 0.4) is 0 Å². The SMILES string of the molecule is Cc1cc(/C=C/C2CCN(OC(=O)C(C)(C)C)CC2)cc(C)c1C#N. The molecule has 0 aliphatic carbocycles. The molecule has 4 heteroatoms. The van der Waals surface area contributed by atoms with Crippen LogP contribution in [0.2, 0.25) is 0 Å². The van der Waals surface area contributed by atoms with Crippen molar-refractivity contribution in [2.75, 3.05) is 13.1 Å². The molecule has 0 aromatic heterocycles. The van der Waals surface area contributed by atoms with Crippen molar-refractivity contribution in [2.24, 2.45) is 11.3 Å². The molecule has 4 nitrogen and oxygen atoms in total. The number of hydroxylamine groups is 2. The summed E-state index contributed by atoms with van der Waals surface area (Å²) in [4.78, 5) is 17.4. The molecule has 1 fully saturated rings. The number of carbonyl (C=O) groups excluding carboxylic acids is 1. The maximum Gasteiger partial charge on any atom is 0.330 e. The first-order valence-corrected chi connectivity index (χ1v) is 8.87. The molecule has 0 bridgehead atoms. The summed E-state index contributed by atoms with van der Waals surface area (Å²) < 4.78 is 0. The van der Waals surface area contributed by atoms with Gasteiger partial charge in [0, 0.05) is 13.1 Å². The lowest BCUT2D eigenvalue weighted by Gasteiger charge is -2.31. The molecule has 0 N–H and O–H groups in total. The molecule has 0 atom stereocenters. The van der Waals surface area contributed by atoms with Crippen molar-refractivity contribution >= 4 is 12.0 Å². The van der Waals surface area contributed by atoms with Gasteiger partial charge in [0.2, 0.25) is 0 Å². The predicted molar refractivity (Wildman–Crippen MR) is 99.5 cm³/mol. The quantitative estimate of drug-likeness (QED) is 0.818. The van der Waals surface area contributed by atoms with Gasteiger partial charge in [-0.05, 0) is 70.1 Å². The number of aryl methyl sites for hydroxylation is 2. The zero-order valence-corrected chi connectivity index (χ0v) is 15.9. The highest BCUT2D eigenvalue weighted by molar-refractivity contribution is 5.75. The van der Waals surface area contributed by atoms with Crippen molar-refractivity contribution in [3.8, 4) is 6.07 Å². The standard InChI is InChI=1S/C21H28N2O2/c1-15-12-18(13-16(2)19(15)14-22)7-6-17-8-10-23(11-9-17)25-20(24)21(3,4)5/h6-7,12-13,17H,8-11H2,1-5H3/b7-6+. The summed E-state index contributed by atoms with van der Waals surface area (Å²) in [5, 5.41) is 10.9. The Kier molecular flexibility index (Phi) is 6.02. The van der Waals surface area contributed by atoms with E-state index in [1.54, 1.807) is 5.06 Å². The molecule has 1 saturated heterocycles. The van der Waals surface area contributed by atoms with Gasteiger partial charge in [-0.2, -0.15) is 5.26 Å². The third-order valence-corrected chi connectivity index (χ3v) is 4.55. The summed E-state index contributed by atoms with van der Waals surface area (Å²) in [5.74, 6) is 0.311. The van der Waals surface area contributed by atoms with E-state index >= 15 is 0 Å². The maximum atomic E-state index is 11.9. The Hall–Kier alpha value is -2.12. The van der Waals surface area contributed by atoms with Gasteiger partial charge in [0.1, 0.15) is 0 Å². The van der Waals surface area contributed by atoms with Crippen LogP contribution in [0.15, 0.2) is 18.2 Å². The van der Waals surface area contributed by atoms with Gasteiger partial charge in [0.05, 0.1) is 17.0 Å². The minimum absolute atomic E-state index is 0.176. The molecule has 1 aliphatic heterocycles. The summed E-state index contributed by atoms with van der Waals surface area (Å²) >= 11 is 0. The van der Waals surface area contributed by atoms with Crippen LogP contribution in [0.1, 0.15) is 55.9 Å². The molecule has 25 heavy (non-hydrogen) atoms. The summed E-state index contributed by atoms with van der Waals surface area (Å²) in [5.41, 5.74) is 3.47. The normalized spacial score (nSPS) is 16.8. The van der Waals surface area contributed by atoms with Crippen LogP contribution in [-0.4, -0.2) is 24.1 Å². The Balaban J connectivity index is 1.91. The van der Waals surface area contributed by atoms with Gasteiger partial charge < -0.3 is 4.84 Å². The highest BCUT2D eigenvalue weighted by Crippen LogP contribution is 2.23. The highest BCUT2D eigenvalue weighted by atomic mass is 16.7. The van der Waals surface area contributed by atoms with Crippen molar-refractivity contribution in [3.63, 3.8) is 0 Å². The van der Waals surface area contributed by atoms with Gasteiger partial charge in [-0.15, -0.1) is 5.06 Å². The van der Waals surface area contributed by atoms with Gasteiger partial charge >= 0.3 is 5.97 Å². The van der Waals surface area contributed by atoms with E-state index in [-0.39, 0.29) is 5.97 Å². The molecule has 0 saturated carbocycles. The van der Waals surface area contributed by atoms with E-state index in [2.05, 4.69) is 30.4 Å². The first-order chi connectivity index (χ1) is 11.7. The first-order valence-electron chi connectivity index (χ1n) is 8.87. The van der Waals surface area contributed by atoms with Crippen LogP contribution in [0.5, 0.6) is 0 Å². The summed E-state index contributed by atoms with van der Waals surface area (Å²) in [6.45, 7) is 11.1. The summed E-state index contributed by atoms with van der Waals surface area (Å²) in [6, 6.07) is 6.37. The van der Waals surface area contributed by atoms with Crippen molar-refractivity contribution in [2.45, 2.75) is 47.5 Å². The van der Waals surface area contributed by atoms with Gasteiger partial charge in [0.25, 0.3) is 0 Å². The lowest BCUT2D eigenvalue weighted by molar-refractivity contribution is -0.205. The second kappa shape index (κ2) is 7.84. The minimum atomic E-state index is -0.470. The Labute approximate surface area is 151 Å². The molecular weight excluding hydrogens is 312 g/mol. The number of hydrogen-bond donors (Lipinski definition) is 0. The van der Waals surface area contributed by atoms with Crippen molar-refractivity contribution in [3.05, 3.63) is 40.5 Å². The second-order valence-electron chi connectivity index (χ2n) is 7.90. The molecule has 0 unspecified atom stereocenters. The third kappa shape index (κ3) is 5.17. The number of allylic oxidation sites excluding steroid dienone is 1. The average Bonchev–Trinajstić information content (AvgIpc) is 2.53. The van der Waals surface area contributed by atoms with Crippen LogP contribution in [-0.2, 0) is 9.63 Å². The zero-order valence-electron chi connectivity index (χ0n) is 15.9. The van der Waals surface area contributed by atoms with E-state index in [0.29, 0.717) is 5.92 Å². The molecule has 1 aromatic rings. The average molecular weight is 340 g/mol. The molecule has 1 heterocycles. The zero-order chi connectivity index (χ0) is 18.6. The Bertz CT molecular complexity index is 677. The Morgan fingerprint density at radius 3 is 2.28 bits per heavy atom. The number of piperidine rings is 1. The van der Waals surface area contributed by atoms with E-state index in [1.165, 1.54) is 0 Å². The molecule has 1 aliphatic rings. The smallest absolute Gasteiger partial charge is 0.330 e. The number of rotatable bonds is 3. The van der Waals surface area contributed by atoms with Crippen molar-refractivity contribution in [1.82, 2.24) is 5.06 Å². The monoisotopic (exact) mass is 340 g/mol. The maximum absolute atomic E-state index is 11.9. The van der Waals surface area contributed by atoms with E-state index < -0.39 is 5.41 Å². The van der Waals surface area contributed by atoms with Crippen LogP contribution >= 0.6 is 0 Å². The number of carbonyl (C=O) groups is 1. The van der Waals surface area contributed by atoms with E-state index in [4.69, 9.17) is 10.1 Å². The number of benzene rings is 1. The fraction of sp³-hybridized carbons (Fsp3) is 0.524. The summed E-state index contributed by atoms with van der Waals surface area (Å²) in [6.07, 6.45) is 6.33. The second-order valence-corrected chi connectivity index (χ2v) is 7.90. The molecule has 1 aromatic carbocycles. The van der Waals surface area contributed by atoms with Crippen LogP contribution in [0, 0.1) is 36.5 Å². The topological polar surface area (TPSA) is 53.3 Å². The third-order valence-electron chi connectivity index (χ3n) is 4.55. The molecule has 134 valence electrons. The predicted octanol–water partition coefficient (Wildman–Crippen LogP) is 4.40. The van der Waals surface area contributed by atoms with E-state index in [0.717, 1.165) is 48.2 Å². The number of nitriles is 1. The number of hydrogen-bond acceptors (Lipinski definition) is 4. The van der Waals surface area contributed by atoms with E-state index in [9.17, 15) is 4.79 Å². The van der Waals surface area contributed by atoms with Crippen molar-refractivity contribution < 1.29 is 9.63 Å². The van der Waals surface area contributed by atoms with Gasteiger partial charge in [0.15, 0.2) is 0 Å². The molecule has 2 rings (SSSR count). The Morgan fingerprint density at radius 2 is 1.80 bits per heavy atom. The molecule has 0 radical (unpaired) electrons. The fourth-order valence-electron chi connectivity index (χ4n) is 2.93. The largest absolute Gasteiger partial charge is 0.367 e. The lowest BCUT2D eigenvalue weighted by Crippen LogP contribution is -2.38. The van der Waals surface area contributed by atoms with Gasteiger partial charge in [-0.3, -0.25) is 0 Å². The van der Waals surface area contributed by atoms with E-state index in [1.807, 2.05) is 34.6 Å². The van der Waals surface area contributed by atoms with Crippen LogP contribution in [0.4, 0.5) is 0 Å². The summed E-state index contributed by atoms with van der Waals surface area (Å²) in [7, 11) is 0. The fourth-order valence-corrected chi connectivity index (χ4v) is 2.93. The minimum Gasteiger partial charge on any atom is -0.367 e. The van der Waals surface area contributed by atoms with Crippen LogP contribution in [0.25, 0.3) is 6.08 Å².